The van der Waals surface area contributed by atoms with Crippen LogP contribution in [0.1, 0.15) is 23.6 Å². The fourth-order valence-electron chi connectivity index (χ4n) is 3.00. The number of halogens is 1. The van der Waals surface area contributed by atoms with Crippen LogP contribution in [-0.4, -0.2) is 34.7 Å². The summed E-state index contributed by atoms with van der Waals surface area (Å²) in [5, 5.41) is 7.99. The van der Waals surface area contributed by atoms with Crippen molar-refractivity contribution in [2.24, 2.45) is 10.1 Å². The second-order valence-corrected chi connectivity index (χ2v) is 7.35. The highest BCUT2D eigenvalue weighted by Crippen LogP contribution is 2.36. The predicted molar refractivity (Wildman–Crippen MR) is 105 cm³/mol. The zero-order chi connectivity index (χ0) is 18.1. The summed E-state index contributed by atoms with van der Waals surface area (Å²) in [5.74, 6) is 1.06. The summed E-state index contributed by atoms with van der Waals surface area (Å²) in [4.78, 5) is 15.7. The van der Waals surface area contributed by atoms with Crippen molar-refractivity contribution in [3.8, 4) is 5.75 Å². The van der Waals surface area contributed by atoms with E-state index in [0.29, 0.717) is 15.9 Å². The van der Waals surface area contributed by atoms with Gasteiger partial charge in [0, 0.05) is 11.4 Å². The van der Waals surface area contributed by atoms with Gasteiger partial charge >= 0.3 is 0 Å². The molecule has 2 aromatic carbocycles. The number of amidine groups is 1. The second kappa shape index (κ2) is 7.13. The van der Waals surface area contributed by atoms with E-state index in [0.717, 1.165) is 29.0 Å². The van der Waals surface area contributed by atoms with Gasteiger partial charge in [0.1, 0.15) is 5.75 Å². The molecule has 2 aliphatic heterocycles. The maximum absolute atomic E-state index is 11.6. The molecule has 4 rings (SSSR count). The van der Waals surface area contributed by atoms with Gasteiger partial charge in [-0.15, -0.1) is 0 Å². The molecule has 1 amide bonds. The summed E-state index contributed by atoms with van der Waals surface area (Å²) in [6.45, 7) is 0. The normalized spacial score (nSPS) is 19.5. The van der Waals surface area contributed by atoms with Gasteiger partial charge in [0.05, 0.1) is 24.6 Å². The SMILES string of the molecule is COc1ccc(C2=NN(C3=NC(=O)CS3)C(c3ccc(Cl)cc3)C2)cc1. The molecular formula is C19H16ClN3O2S. The molecule has 0 spiro atoms. The minimum absolute atomic E-state index is 0.0125. The first-order chi connectivity index (χ1) is 12.6. The van der Waals surface area contributed by atoms with E-state index in [9.17, 15) is 4.79 Å². The van der Waals surface area contributed by atoms with Crippen LogP contribution in [0.15, 0.2) is 58.6 Å². The average molecular weight is 386 g/mol. The molecule has 0 aliphatic carbocycles. The number of nitrogens with zero attached hydrogens (tertiary/aromatic N) is 3. The average Bonchev–Trinajstić information content (AvgIpc) is 3.29. The Morgan fingerprint density at radius 2 is 1.88 bits per heavy atom. The number of ether oxygens (including phenoxy) is 1. The van der Waals surface area contributed by atoms with Crippen molar-refractivity contribution < 1.29 is 9.53 Å². The molecule has 2 aliphatic rings. The molecule has 132 valence electrons. The van der Waals surface area contributed by atoms with Gasteiger partial charge in [-0.2, -0.15) is 10.1 Å². The summed E-state index contributed by atoms with van der Waals surface area (Å²) >= 11 is 7.45. The maximum Gasteiger partial charge on any atom is 0.258 e. The molecule has 1 atom stereocenters. The number of amides is 1. The molecular weight excluding hydrogens is 370 g/mol. The zero-order valence-corrected chi connectivity index (χ0v) is 15.6. The molecule has 2 aromatic rings. The summed E-state index contributed by atoms with van der Waals surface area (Å²) in [6.07, 6.45) is 0.724. The maximum atomic E-state index is 11.6. The third-order valence-electron chi connectivity index (χ3n) is 4.33. The lowest BCUT2D eigenvalue weighted by Gasteiger charge is -2.22. The van der Waals surface area contributed by atoms with Crippen LogP contribution in [-0.2, 0) is 4.79 Å². The van der Waals surface area contributed by atoms with E-state index >= 15 is 0 Å². The first kappa shape index (κ1) is 17.1. The summed E-state index contributed by atoms with van der Waals surface area (Å²) < 4.78 is 5.22. The van der Waals surface area contributed by atoms with Crippen LogP contribution in [0.3, 0.4) is 0 Å². The van der Waals surface area contributed by atoms with Gasteiger partial charge in [-0.3, -0.25) is 4.79 Å². The first-order valence-corrected chi connectivity index (χ1v) is 9.51. The minimum atomic E-state index is -0.118. The molecule has 0 radical (unpaired) electrons. The Bertz CT molecular complexity index is 894. The Morgan fingerprint density at radius 1 is 1.15 bits per heavy atom. The molecule has 7 heteroatoms. The zero-order valence-electron chi connectivity index (χ0n) is 14.1. The highest BCUT2D eigenvalue weighted by molar-refractivity contribution is 8.14. The number of hydrogen-bond acceptors (Lipinski definition) is 5. The standard InChI is InChI=1S/C19H16ClN3O2S/c1-25-15-8-4-12(5-9-15)16-10-17(13-2-6-14(20)7-3-13)23(22-16)19-21-18(24)11-26-19/h2-9,17H,10-11H2,1H3. The largest absolute Gasteiger partial charge is 0.497 e. The van der Waals surface area contributed by atoms with Crippen molar-refractivity contribution >= 4 is 40.1 Å². The van der Waals surface area contributed by atoms with E-state index in [1.807, 2.05) is 53.5 Å². The number of carbonyl (C=O) groups is 1. The smallest absolute Gasteiger partial charge is 0.258 e. The monoisotopic (exact) mass is 385 g/mol. The Labute approximate surface area is 160 Å². The fraction of sp³-hybridized carbons (Fsp3) is 0.211. The first-order valence-electron chi connectivity index (χ1n) is 8.15. The van der Waals surface area contributed by atoms with E-state index in [1.165, 1.54) is 11.8 Å². The molecule has 26 heavy (non-hydrogen) atoms. The van der Waals surface area contributed by atoms with Crippen LogP contribution in [0.5, 0.6) is 5.75 Å². The third kappa shape index (κ3) is 3.34. The Hall–Kier alpha value is -2.31. The molecule has 0 saturated heterocycles. The number of aliphatic imine (C=N–C) groups is 1. The predicted octanol–water partition coefficient (Wildman–Crippen LogP) is 4.13. The number of methoxy groups -OCH3 is 1. The van der Waals surface area contributed by atoms with Crippen LogP contribution in [0.2, 0.25) is 5.02 Å². The lowest BCUT2D eigenvalue weighted by Crippen LogP contribution is -2.23. The highest BCUT2D eigenvalue weighted by Gasteiger charge is 2.34. The number of benzene rings is 2. The molecule has 5 nitrogen and oxygen atoms in total. The quantitative estimate of drug-likeness (QED) is 0.797. The van der Waals surface area contributed by atoms with Crippen LogP contribution in [0, 0.1) is 0 Å². The summed E-state index contributed by atoms with van der Waals surface area (Å²) in [7, 11) is 1.65. The Balaban J connectivity index is 1.69. The van der Waals surface area contributed by atoms with Gasteiger partial charge in [0.15, 0.2) is 5.17 Å². The van der Waals surface area contributed by atoms with E-state index in [4.69, 9.17) is 21.4 Å². The van der Waals surface area contributed by atoms with Crippen molar-refractivity contribution in [3.63, 3.8) is 0 Å². The lowest BCUT2D eigenvalue weighted by molar-refractivity contribution is -0.115. The number of hydrazone groups is 1. The van der Waals surface area contributed by atoms with Crippen molar-refractivity contribution in [2.75, 3.05) is 12.9 Å². The molecule has 0 fully saturated rings. The minimum Gasteiger partial charge on any atom is -0.497 e. The molecule has 1 unspecified atom stereocenters. The van der Waals surface area contributed by atoms with E-state index < -0.39 is 0 Å². The van der Waals surface area contributed by atoms with Crippen LogP contribution in [0.4, 0.5) is 0 Å². The second-order valence-electron chi connectivity index (χ2n) is 5.97. The van der Waals surface area contributed by atoms with Crippen molar-refractivity contribution in [2.45, 2.75) is 12.5 Å². The number of hydrogen-bond donors (Lipinski definition) is 0. The van der Waals surface area contributed by atoms with Gasteiger partial charge in [-0.1, -0.05) is 35.5 Å². The fourth-order valence-corrected chi connectivity index (χ4v) is 3.91. The molecule has 0 bridgehead atoms. The Morgan fingerprint density at radius 3 is 2.50 bits per heavy atom. The number of carbonyl (C=O) groups excluding carboxylic acids is 1. The number of rotatable bonds is 3. The molecule has 0 saturated carbocycles. The van der Waals surface area contributed by atoms with Crippen LogP contribution in [0.25, 0.3) is 0 Å². The lowest BCUT2D eigenvalue weighted by atomic mass is 9.98. The van der Waals surface area contributed by atoms with E-state index in [2.05, 4.69) is 4.99 Å². The van der Waals surface area contributed by atoms with Gasteiger partial charge < -0.3 is 4.74 Å². The van der Waals surface area contributed by atoms with Crippen molar-refractivity contribution in [1.29, 1.82) is 0 Å². The number of thioether (sulfide) groups is 1. The van der Waals surface area contributed by atoms with Crippen LogP contribution < -0.4 is 4.74 Å². The highest BCUT2D eigenvalue weighted by atomic mass is 35.5. The van der Waals surface area contributed by atoms with Crippen molar-refractivity contribution in [3.05, 3.63) is 64.7 Å². The molecule has 2 heterocycles. The van der Waals surface area contributed by atoms with Gasteiger partial charge in [-0.05, 0) is 47.5 Å². The summed E-state index contributed by atoms with van der Waals surface area (Å²) in [5.41, 5.74) is 3.07. The molecule has 0 aromatic heterocycles. The van der Waals surface area contributed by atoms with Gasteiger partial charge in [-0.25, -0.2) is 5.01 Å². The summed E-state index contributed by atoms with van der Waals surface area (Å²) in [6, 6.07) is 15.5. The van der Waals surface area contributed by atoms with E-state index in [-0.39, 0.29) is 11.9 Å². The molecule has 0 N–H and O–H groups in total. The Kier molecular flexibility index (Phi) is 4.70. The van der Waals surface area contributed by atoms with E-state index in [1.54, 1.807) is 7.11 Å². The topological polar surface area (TPSA) is 54.3 Å². The van der Waals surface area contributed by atoms with Crippen molar-refractivity contribution in [1.82, 2.24) is 5.01 Å². The third-order valence-corrected chi connectivity index (χ3v) is 5.51. The van der Waals surface area contributed by atoms with Gasteiger partial charge in [0.2, 0.25) is 0 Å². The van der Waals surface area contributed by atoms with Crippen LogP contribution >= 0.6 is 23.4 Å². The van der Waals surface area contributed by atoms with Gasteiger partial charge in [0.25, 0.3) is 5.91 Å².